The highest BCUT2D eigenvalue weighted by molar-refractivity contribution is 6.03. The molecule has 0 spiro atoms. The van der Waals surface area contributed by atoms with Crippen molar-refractivity contribution in [3.63, 3.8) is 0 Å². The molecule has 0 aliphatic heterocycles. The number of nitrogens with one attached hydrogen (secondary N) is 1. The molecule has 0 fully saturated rings. The molecular weight excluding hydrogens is 464 g/mol. The number of hydrogen-bond donors (Lipinski definition) is 1. The lowest BCUT2D eigenvalue weighted by Crippen LogP contribution is -2.24. The number of H-pyrrole nitrogens is 1. The van der Waals surface area contributed by atoms with Gasteiger partial charge in [-0.15, -0.1) is 0 Å². The predicted octanol–water partition coefficient (Wildman–Crippen LogP) is 6.91. The van der Waals surface area contributed by atoms with Crippen molar-refractivity contribution in [3.8, 4) is 11.1 Å². The summed E-state index contributed by atoms with van der Waals surface area (Å²) in [6.07, 6.45) is 3.58. The maximum atomic E-state index is 12.8. The largest absolute Gasteiger partial charge is 0.465 e. The number of nitrogens with zero attached hydrogens (tertiary/aromatic N) is 1. The van der Waals surface area contributed by atoms with Gasteiger partial charge in [-0.3, -0.25) is 0 Å². The van der Waals surface area contributed by atoms with Gasteiger partial charge in [-0.2, -0.15) is 0 Å². The maximum absolute atomic E-state index is 12.8. The summed E-state index contributed by atoms with van der Waals surface area (Å²) < 4.78 is 10.6. The average molecular weight is 499 g/mol. The highest BCUT2D eigenvalue weighted by Gasteiger charge is 2.21. The number of benzene rings is 3. The molecule has 0 atom stereocenters. The topological polar surface area (TPSA) is 81.3 Å². The Morgan fingerprint density at radius 2 is 1.65 bits per heavy atom. The molecule has 37 heavy (non-hydrogen) atoms. The number of fused-ring (bicyclic) bond motifs is 1. The van der Waals surface area contributed by atoms with Gasteiger partial charge in [0.25, 0.3) is 0 Å². The Morgan fingerprint density at radius 3 is 2.32 bits per heavy atom. The molecule has 0 saturated heterocycles. The lowest BCUT2D eigenvalue weighted by atomic mass is 9.96. The van der Waals surface area contributed by atoms with E-state index in [2.05, 4.69) is 24.0 Å². The van der Waals surface area contributed by atoms with Gasteiger partial charge in [-0.05, 0) is 68.0 Å². The smallest absolute Gasteiger partial charge is 0.340 e. The Bertz CT molecular complexity index is 1410. The molecule has 192 valence electrons. The van der Waals surface area contributed by atoms with Crippen molar-refractivity contribution < 1.29 is 19.1 Å². The number of rotatable bonds is 8. The molecule has 0 saturated carbocycles. The molecule has 4 rings (SSSR count). The minimum absolute atomic E-state index is 0.335. The number of aromatic nitrogens is 2. The molecule has 0 aliphatic carbocycles. The van der Waals surface area contributed by atoms with E-state index in [0.717, 1.165) is 58.4 Å². The SMILES string of the molecule is CCCCc1nc2c(Cc3ccc(-c4ccccc4C(=O)OC(C)(C)C)cc3)ccc(C(=O)OC)c2[nH]1. The lowest BCUT2D eigenvalue weighted by Gasteiger charge is -2.20. The van der Waals surface area contributed by atoms with Crippen LogP contribution >= 0.6 is 0 Å². The number of ether oxygens (including phenoxy) is 2. The first-order valence-corrected chi connectivity index (χ1v) is 12.7. The van der Waals surface area contributed by atoms with Crippen LogP contribution in [0.3, 0.4) is 0 Å². The summed E-state index contributed by atoms with van der Waals surface area (Å²) in [4.78, 5) is 33.3. The Labute approximate surface area is 218 Å². The monoisotopic (exact) mass is 498 g/mol. The third kappa shape index (κ3) is 6.08. The van der Waals surface area contributed by atoms with Crippen molar-refractivity contribution in [1.82, 2.24) is 9.97 Å². The zero-order chi connectivity index (χ0) is 26.6. The highest BCUT2D eigenvalue weighted by Crippen LogP contribution is 2.28. The zero-order valence-electron chi connectivity index (χ0n) is 22.2. The molecule has 3 aromatic carbocycles. The molecule has 4 aromatic rings. The van der Waals surface area contributed by atoms with Crippen molar-refractivity contribution in [2.45, 2.75) is 59.0 Å². The number of carbonyl (C=O) groups excluding carboxylic acids is 2. The quantitative estimate of drug-likeness (QED) is 0.267. The van der Waals surface area contributed by atoms with Gasteiger partial charge in [0.2, 0.25) is 0 Å². The first-order chi connectivity index (χ1) is 17.7. The van der Waals surface area contributed by atoms with Gasteiger partial charge < -0.3 is 14.5 Å². The summed E-state index contributed by atoms with van der Waals surface area (Å²) in [5.41, 5.74) is 5.90. The van der Waals surface area contributed by atoms with E-state index in [-0.39, 0.29) is 11.9 Å². The summed E-state index contributed by atoms with van der Waals surface area (Å²) in [6.45, 7) is 7.73. The van der Waals surface area contributed by atoms with E-state index in [1.165, 1.54) is 7.11 Å². The maximum Gasteiger partial charge on any atom is 0.340 e. The zero-order valence-corrected chi connectivity index (χ0v) is 22.2. The Morgan fingerprint density at radius 1 is 0.919 bits per heavy atom. The molecule has 1 heterocycles. The number of unbranched alkanes of at least 4 members (excludes halogenated alkanes) is 1. The standard InChI is InChI=1S/C31H34N2O4/c1-6-7-12-26-32-27-22(17-18-25(28(27)33-26)29(34)36-5)19-20-13-15-21(16-14-20)23-10-8-9-11-24(23)30(35)37-31(2,3)4/h8-11,13-18H,6-7,12,19H2,1-5H3,(H,32,33). The summed E-state index contributed by atoms with van der Waals surface area (Å²) >= 11 is 0. The molecule has 0 unspecified atom stereocenters. The van der Waals surface area contributed by atoms with Crippen molar-refractivity contribution in [2.24, 2.45) is 0 Å². The molecule has 0 radical (unpaired) electrons. The van der Waals surface area contributed by atoms with Crippen LogP contribution in [0.5, 0.6) is 0 Å². The Kier molecular flexibility index (Phi) is 7.77. The number of carbonyl (C=O) groups is 2. The molecule has 0 aliphatic rings. The van der Waals surface area contributed by atoms with Gasteiger partial charge in [-0.1, -0.05) is 61.9 Å². The summed E-state index contributed by atoms with van der Waals surface area (Å²) in [5, 5.41) is 0. The fourth-order valence-electron chi connectivity index (χ4n) is 4.35. The second kappa shape index (κ2) is 11.0. The molecule has 1 aromatic heterocycles. The van der Waals surface area contributed by atoms with Gasteiger partial charge in [0.1, 0.15) is 11.4 Å². The van der Waals surface area contributed by atoms with Crippen LogP contribution in [0, 0.1) is 0 Å². The second-order valence-corrected chi connectivity index (χ2v) is 10.2. The normalized spacial score (nSPS) is 11.5. The van der Waals surface area contributed by atoms with Crippen LogP contribution in [0.4, 0.5) is 0 Å². The first kappa shape index (κ1) is 26.1. The van der Waals surface area contributed by atoms with Crippen LogP contribution in [-0.2, 0) is 22.3 Å². The minimum atomic E-state index is -0.564. The fraction of sp³-hybridized carbons (Fsp3) is 0.323. The van der Waals surface area contributed by atoms with E-state index in [1.54, 1.807) is 12.1 Å². The lowest BCUT2D eigenvalue weighted by molar-refractivity contribution is 0.00702. The molecule has 6 heteroatoms. The number of hydrogen-bond acceptors (Lipinski definition) is 5. The first-order valence-electron chi connectivity index (χ1n) is 12.7. The number of imidazole rings is 1. The van der Waals surface area contributed by atoms with Crippen LogP contribution < -0.4 is 0 Å². The number of methoxy groups -OCH3 is 1. The van der Waals surface area contributed by atoms with Gasteiger partial charge in [0.15, 0.2) is 0 Å². The van der Waals surface area contributed by atoms with Gasteiger partial charge >= 0.3 is 11.9 Å². The highest BCUT2D eigenvalue weighted by atomic mass is 16.6. The Balaban J connectivity index is 1.63. The molecule has 1 N–H and O–H groups in total. The molecule has 6 nitrogen and oxygen atoms in total. The van der Waals surface area contributed by atoms with E-state index >= 15 is 0 Å². The Hall–Kier alpha value is -3.93. The van der Waals surface area contributed by atoms with Crippen LogP contribution in [-0.4, -0.2) is 34.6 Å². The van der Waals surface area contributed by atoms with Gasteiger partial charge in [0, 0.05) is 6.42 Å². The van der Waals surface area contributed by atoms with Crippen LogP contribution in [0.1, 0.15) is 78.2 Å². The molecular formula is C31H34N2O4. The number of aryl methyl sites for hydroxylation is 1. The third-order valence-electron chi connectivity index (χ3n) is 6.16. The minimum Gasteiger partial charge on any atom is -0.465 e. The van der Waals surface area contributed by atoms with Crippen molar-refractivity contribution in [3.05, 3.63) is 88.7 Å². The van der Waals surface area contributed by atoms with Gasteiger partial charge in [0.05, 0.1) is 29.3 Å². The number of esters is 2. The number of aromatic amines is 1. The van der Waals surface area contributed by atoms with E-state index in [1.807, 2.05) is 57.2 Å². The molecule has 0 amide bonds. The van der Waals surface area contributed by atoms with Crippen molar-refractivity contribution >= 4 is 23.0 Å². The predicted molar refractivity (Wildman–Crippen MR) is 146 cm³/mol. The van der Waals surface area contributed by atoms with Crippen LogP contribution in [0.15, 0.2) is 60.7 Å². The van der Waals surface area contributed by atoms with E-state index in [4.69, 9.17) is 14.5 Å². The summed E-state index contributed by atoms with van der Waals surface area (Å²) in [6, 6.07) is 19.4. The second-order valence-electron chi connectivity index (χ2n) is 10.2. The average Bonchev–Trinajstić information content (AvgIpc) is 3.31. The van der Waals surface area contributed by atoms with Crippen molar-refractivity contribution in [1.29, 1.82) is 0 Å². The molecule has 0 bridgehead atoms. The van der Waals surface area contributed by atoms with Crippen molar-refractivity contribution in [2.75, 3.05) is 7.11 Å². The van der Waals surface area contributed by atoms with Crippen LogP contribution in [0.2, 0.25) is 0 Å². The van der Waals surface area contributed by atoms with Gasteiger partial charge in [-0.25, -0.2) is 14.6 Å². The van der Waals surface area contributed by atoms with E-state index in [9.17, 15) is 9.59 Å². The third-order valence-corrected chi connectivity index (χ3v) is 6.16. The fourth-order valence-corrected chi connectivity index (χ4v) is 4.35. The van der Waals surface area contributed by atoms with E-state index in [0.29, 0.717) is 17.5 Å². The summed E-state index contributed by atoms with van der Waals surface area (Å²) in [5.74, 6) is 0.163. The van der Waals surface area contributed by atoms with E-state index < -0.39 is 5.60 Å². The van der Waals surface area contributed by atoms with Crippen LogP contribution in [0.25, 0.3) is 22.2 Å². The summed E-state index contributed by atoms with van der Waals surface area (Å²) in [7, 11) is 1.39.